The number of rotatable bonds is 5. The van der Waals surface area contributed by atoms with Gasteiger partial charge in [0.25, 0.3) is 5.91 Å². The number of nitrogens with one attached hydrogen (secondary N) is 2. The van der Waals surface area contributed by atoms with Crippen LogP contribution in [0.4, 0.5) is 5.82 Å². The number of pyridine rings is 1. The van der Waals surface area contributed by atoms with Gasteiger partial charge < -0.3 is 4.74 Å². The van der Waals surface area contributed by atoms with Crippen LogP contribution in [0, 0.1) is 0 Å². The summed E-state index contributed by atoms with van der Waals surface area (Å²) in [5, 5.41) is 3.68. The third kappa shape index (κ3) is 4.03. The zero-order valence-electron chi connectivity index (χ0n) is 12.1. The molecule has 1 aliphatic rings. The number of ether oxygens (including phenoxy) is 1. The summed E-state index contributed by atoms with van der Waals surface area (Å²) in [5.41, 5.74) is 7.12. The number of anilines is 1. The molecule has 0 atom stereocenters. The smallest absolute Gasteiger partial charge is 0.270 e. The quantitative estimate of drug-likeness (QED) is 0.822. The van der Waals surface area contributed by atoms with Gasteiger partial charge in [0.2, 0.25) is 0 Å². The summed E-state index contributed by atoms with van der Waals surface area (Å²) >= 11 is 1.49. The Hall–Kier alpha value is -1.96. The average Bonchev–Trinajstić information content (AvgIpc) is 3.08. The molecule has 116 valence electrons. The first kappa shape index (κ1) is 15.0. The highest BCUT2D eigenvalue weighted by atomic mass is 32.1. The second-order valence-corrected chi connectivity index (χ2v) is 5.77. The van der Waals surface area contributed by atoms with Gasteiger partial charge in [-0.1, -0.05) is 6.07 Å². The Kier molecular flexibility index (Phi) is 4.99. The van der Waals surface area contributed by atoms with Crippen molar-refractivity contribution in [2.45, 2.75) is 6.54 Å². The van der Waals surface area contributed by atoms with E-state index in [1.807, 2.05) is 23.6 Å². The van der Waals surface area contributed by atoms with Crippen molar-refractivity contribution in [2.75, 3.05) is 31.7 Å². The lowest BCUT2D eigenvalue weighted by Crippen LogP contribution is -2.36. The summed E-state index contributed by atoms with van der Waals surface area (Å²) in [6, 6.07) is 7.53. The Morgan fingerprint density at radius 1 is 1.32 bits per heavy atom. The molecule has 3 heterocycles. The molecule has 1 aliphatic heterocycles. The normalized spacial score (nSPS) is 15.5. The van der Waals surface area contributed by atoms with Crippen LogP contribution in [0.15, 0.2) is 35.0 Å². The molecule has 7 heteroatoms. The maximum atomic E-state index is 11.9. The van der Waals surface area contributed by atoms with E-state index in [0.717, 1.165) is 38.5 Å². The number of aromatic nitrogens is 1. The first-order valence-corrected chi connectivity index (χ1v) is 8.10. The second-order valence-electron chi connectivity index (χ2n) is 4.99. The molecular formula is C15H18N4O2S. The number of hydrogen-bond acceptors (Lipinski definition) is 6. The molecule has 2 aromatic rings. The number of hydrazine groups is 1. The van der Waals surface area contributed by atoms with Crippen LogP contribution in [0.1, 0.15) is 16.1 Å². The zero-order chi connectivity index (χ0) is 15.2. The summed E-state index contributed by atoms with van der Waals surface area (Å²) in [4.78, 5) is 18.7. The van der Waals surface area contributed by atoms with E-state index in [1.165, 1.54) is 11.3 Å². The van der Waals surface area contributed by atoms with Gasteiger partial charge in [-0.3, -0.25) is 20.5 Å². The number of thiophene rings is 1. The highest BCUT2D eigenvalue weighted by molar-refractivity contribution is 7.08. The molecule has 0 radical (unpaired) electrons. The Labute approximate surface area is 133 Å². The molecule has 0 aromatic carbocycles. The van der Waals surface area contributed by atoms with Gasteiger partial charge in [-0.15, -0.1) is 0 Å². The van der Waals surface area contributed by atoms with Gasteiger partial charge in [0, 0.05) is 25.0 Å². The van der Waals surface area contributed by atoms with E-state index in [1.54, 1.807) is 11.4 Å². The van der Waals surface area contributed by atoms with Crippen molar-refractivity contribution in [3.63, 3.8) is 0 Å². The van der Waals surface area contributed by atoms with Crippen molar-refractivity contribution in [1.29, 1.82) is 0 Å². The predicted octanol–water partition coefficient (Wildman–Crippen LogP) is 1.73. The van der Waals surface area contributed by atoms with Crippen molar-refractivity contribution in [2.24, 2.45) is 0 Å². The molecule has 3 rings (SSSR count). The van der Waals surface area contributed by atoms with Crippen LogP contribution in [0.3, 0.4) is 0 Å². The van der Waals surface area contributed by atoms with Gasteiger partial charge in [0.15, 0.2) is 0 Å². The highest BCUT2D eigenvalue weighted by Gasteiger charge is 2.11. The monoisotopic (exact) mass is 318 g/mol. The number of amides is 1. The summed E-state index contributed by atoms with van der Waals surface area (Å²) < 4.78 is 5.34. The summed E-state index contributed by atoms with van der Waals surface area (Å²) in [6.07, 6.45) is 0. The van der Waals surface area contributed by atoms with Crippen molar-refractivity contribution < 1.29 is 9.53 Å². The van der Waals surface area contributed by atoms with E-state index in [-0.39, 0.29) is 5.91 Å². The fourth-order valence-corrected chi connectivity index (χ4v) is 2.85. The molecule has 1 saturated heterocycles. The van der Waals surface area contributed by atoms with Gasteiger partial charge in [-0.05, 0) is 23.6 Å². The van der Waals surface area contributed by atoms with E-state index < -0.39 is 0 Å². The van der Waals surface area contributed by atoms with Crippen LogP contribution in [0.5, 0.6) is 0 Å². The minimum Gasteiger partial charge on any atom is -0.379 e. The summed E-state index contributed by atoms with van der Waals surface area (Å²) in [6.45, 7) is 4.18. The molecule has 0 saturated carbocycles. The summed E-state index contributed by atoms with van der Waals surface area (Å²) in [5.74, 6) is 0.468. The minimum atomic E-state index is -0.165. The molecule has 2 aromatic heterocycles. The third-order valence-electron chi connectivity index (χ3n) is 3.38. The first-order chi connectivity index (χ1) is 10.8. The summed E-state index contributed by atoms with van der Waals surface area (Å²) in [7, 11) is 0. The number of carbonyl (C=O) groups excluding carboxylic acids is 1. The molecule has 1 fully saturated rings. The third-order valence-corrected chi connectivity index (χ3v) is 4.07. The second kappa shape index (κ2) is 7.35. The Morgan fingerprint density at radius 3 is 2.95 bits per heavy atom. The van der Waals surface area contributed by atoms with Crippen LogP contribution >= 0.6 is 11.3 Å². The lowest BCUT2D eigenvalue weighted by atomic mass is 10.3. The van der Waals surface area contributed by atoms with Crippen LogP contribution in [-0.2, 0) is 11.3 Å². The first-order valence-electron chi connectivity index (χ1n) is 7.16. The maximum Gasteiger partial charge on any atom is 0.270 e. The highest BCUT2D eigenvalue weighted by Crippen LogP contribution is 2.09. The van der Waals surface area contributed by atoms with Crippen LogP contribution in [0.2, 0.25) is 0 Å². The van der Waals surface area contributed by atoms with Gasteiger partial charge in [0.1, 0.15) is 5.82 Å². The van der Waals surface area contributed by atoms with Crippen molar-refractivity contribution in [3.8, 4) is 0 Å². The van der Waals surface area contributed by atoms with E-state index in [2.05, 4.69) is 20.7 Å². The number of hydrogen-bond donors (Lipinski definition) is 2. The molecule has 0 unspecified atom stereocenters. The Bertz CT molecular complexity index is 612. The van der Waals surface area contributed by atoms with E-state index in [0.29, 0.717) is 11.4 Å². The lowest BCUT2D eigenvalue weighted by molar-refractivity contribution is 0.0336. The number of nitrogens with zero attached hydrogens (tertiary/aromatic N) is 2. The van der Waals surface area contributed by atoms with Gasteiger partial charge in [-0.25, -0.2) is 4.98 Å². The van der Waals surface area contributed by atoms with Gasteiger partial charge >= 0.3 is 0 Å². The maximum absolute atomic E-state index is 11.9. The average molecular weight is 318 g/mol. The molecule has 0 aliphatic carbocycles. The van der Waals surface area contributed by atoms with E-state index in [4.69, 9.17) is 4.74 Å². The van der Waals surface area contributed by atoms with Crippen LogP contribution in [0.25, 0.3) is 0 Å². The van der Waals surface area contributed by atoms with Crippen LogP contribution in [-0.4, -0.2) is 42.1 Å². The van der Waals surface area contributed by atoms with Crippen molar-refractivity contribution in [3.05, 3.63) is 46.3 Å². The van der Waals surface area contributed by atoms with Crippen molar-refractivity contribution >= 4 is 23.1 Å². The lowest BCUT2D eigenvalue weighted by Gasteiger charge is -2.26. The molecule has 0 bridgehead atoms. The van der Waals surface area contributed by atoms with E-state index >= 15 is 0 Å². The Morgan fingerprint density at radius 2 is 2.18 bits per heavy atom. The van der Waals surface area contributed by atoms with Gasteiger partial charge in [0.05, 0.1) is 24.5 Å². The fraction of sp³-hybridized carbons (Fsp3) is 0.333. The predicted molar refractivity (Wildman–Crippen MR) is 85.7 cm³/mol. The van der Waals surface area contributed by atoms with Crippen LogP contribution < -0.4 is 10.9 Å². The van der Waals surface area contributed by atoms with Crippen molar-refractivity contribution in [1.82, 2.24) is 15.3 Å². The van der Waals surface area contributed by atoms with Gasteiger partial charge in [-0.2, -0.15) is 11.3 Å². The molecule has 0 spiro atoms. The molecule has 2 N–H and O–H groups in total. The largest absolute Gasteiger partial charge is 0.379 e. The number of morpholine rings is 1. The fourth-order valence-electron chi connectivity index (χ4n) is 2.21. The molecule has 1 amide bonds. The number of carbonyl (C=O) groups is 1. The zero-order valence-corrected chi connectivity index (χ0v) is 12.9. The van der Waals surface area contributed by atoms with E-state index in [9.17, 15) is 4.79 Å². The topological polar surface area (TPSA) is 66.5 Å². The Balaban J connectivity index is 1.55. The molecule has 22 heavy (non-hydrogen) atoms. The molecule has 6 nitrogen and oxygen atoms in total. The minimum absolute atomic E-state index is 0.165. The standard InChI is InChI=1S/C15H18N4O2S/c20-15(12-4-9-22-11-12)18-17-14-3-1-2-13(16-14)10-19-5-7-21-8-6-19/h1-4,9,11H,5-8,10H2,(H,16,17)(H,18,20). The molecular weight excluding hydrogens is 300 g/mol. The SMILES string of the molecule is O=C(NNc1cccc(CN2CCOCC2)n1)c1ccsc1.